The van der Waals surface area contributed by atoms with Crippen LogP contribution in [0.15, 0.2) is 0 Å². The lowest BCUT2D eigenvalue weighted by Gasteiger charge is -2.13. The maximum atomic E-state index is 10.5. The maximum absolute atomic E-state index is 10.5. The summed E-state index contributed by atoms with van der Waals surface area (Å²) in [6.07, 6.45) is 0.992. The van der Waals surface area contributed by atoms with Gasteiger partial charge in [0.05, 0.1) is 0 Å². The Labute approximate surface area is 52.3 Å². The second-order valence-corrected chi connectivity index (χ2v) is 3.10. The highest BCUT2D eigenvalue weighted by molar-refractivity contribution is 7.99. The highest BCUT2D eigenvalue weighted by Crippen LogP contribution is 2.19. The van der Waals surface area contributed by atoms with Crippen molar-refractivity contribution in [3.05, 3.63) is 0 Å². The van der Waals surface area contributed by atoms with E-state index < -0.39 is 5.44 Å². The number of carbonyl (C=O) groups excluding carboxylic acids is 1. The van der Waals surface area contributed by atoms with Crippen LogP contribution in [0.2, 0.25) is 0 Å². The monoisotopic (exact) mass is 132 g/mol. The molecule has 1 heterocycles. The molecule has 3 heteroatoms. The van der Waals surface area contributed by atoms with Gasteiger partial charge in [-0.05, 0) is 0 Å². The number of thioether (sulfide) groups is 1. The minimum atomic E-state index is -0.420. The van der Waals surface area contributed by atoms with Gasteiger partial charge >= 0.3 is 0 Å². The predicted molar refractivity (Wildman–Crippen MR) is 32.7 cm³/mol. The van der Waals surface area contributed by atoms with Gasteiger partial charge in [-0.2, -0.15) is 0 Å². The summed E-state index contributed by atoms with van der Waals surface area (Å²) in [5.41, 5.74) is -0.420. The molecule has 1 saturated heterocycles. The number of hydrogen-bond acceptors (Lipinski definition) is 3. The summed E-state index contributed by atoms with van der Waals surface area (Å²) in [7, 11) is 0. The minimum Gasteiger partial charge on any atom is -0.382 e. The summed E-state index contributed by atoms with van der Waals surface area (Å²) in [5.74, 6) is 0.983. The van der Waals surface area contributed by atoms with Gasteiger partial charge in [-0.1, -0.05) is 0 Å². The molecule has 1 atom stereocenters. The Morgan fingerprint density at radius 3 is 2.88 bits per heavy atom. The second kappa shape index (κ2) is 2.51. The molecule has 1 aliphatic heterocycles. The van der Waals surface area contributed by atoms with Crippen molar-refractivity contribution in [1.82, 2.24) is 0 Å². The molecular weight excluding hydrogens is 124 g/mol. The van der Waals surface area contributed by atoms with E-state index in [2.05, 4.69) is 0 Å². The van der Waals surface area contributed by atoms with E-state index in [1.165, 1.54) is 11.8 Å². The molecule has 0 saturated carbocycles. The van der Waals surface area contributed by atoms with Gasteiger partial charge in [0.15, 0.2) is 0 Å². The fourth-order valence-corrected chi connectivity index (χ4v) is 1.59. The molecule has 0 radical (unpaired) electrons. The predicted octanol–water partition coefficient (Wildman–Crippen LogP) is 0.401. The Balaban J connectivity index is 2.34. The van der Waals surface area contributed by atoms with Crippen molar-refractivity contribution in [3.8, 4) is 0 Å². The van der Waals surface area contributed by atoms with Crippen LogP contribution in [-0.4, -0.2) is 22.1 Å². The molecule has 0 aromatic rings. The van der Waals surface area contributed by atoms with Crippen LogP contribution in [-0.2, 0) is 4.79 Å². The highest BCUT2D eigenvalue weighted by Gasteiger charge is 2.16. The molecule has 0 amide bonds. The smallest absolute Gasteiger partial charge is 0.137 e. The molecule has 0 aliphatic carbocycles. The van der Waals surface area contributed by atoms with Gasteiger partial charge in [0.25, 0.3) is 0 Å². The van der Waals surface area contributed by atoms with E-state index >= 15 is 0 Å². The number of carbonyl (C=O) groups is 1. The van der Waals surface area contributed by atoms with Gasteiger partial charge in [-0.25, -0.2) is 0 Å². The normalized spacial score (nSPS) is 30.6. The van der Waals surface area contributed by atoms with Crippen LogP contribution in [0.25, 0.3) is 0 Å². The van der Waals surface area contributed by atoms with Crippen LogP contribution in [0.5, 0.6) is 0 Å². The molecule has 0 aromatic carbocycles. The van der Waals surface area contributed by atoms with Crippen molar-refractivity contribution in [2.75, 3.05) is 5.75 Å². The molecule has 1 unspecified atom stereocenters. The number of Topliss-reactive ketones (excluding diaryl/α,β-unsaturated/α-hetero) is 1. The fraction of sp³-hybridized carbons (Fsp3) is 0.800. The molecule has 1 aliphatic rings. The third-order valence-corrected chi connectivity index (χ3v) is 2.08. The average Bonchev–Trinajstić information content (AvgIpc) is 1.64. The van der Waals surface area contributed by atoms with E-state index in [0.717, 1.165) is 5.75 Å². The third-order valence-electron chi connectivity index (χ3n) is 1.09. The second-order valence-electron chi connectivity index (χ2n) is 1.82. The molecule has 0 bridgehead atoms. The van der Waals surface area contributed by atoms with Crippen LogP contribution in [0, 0.1) is 0 Å². The topological polar surface area (TPSA) is 37.3 Å². The first-order valence-corrected chi connectivity index (χ1v) is 3.65. The van der Waals surface area contributed by atoms with Gasteiger partial charge in [0, 0.05) is 18.6 Å². The van der Waals surface area contributed by atoms with E-state index in [4.69, 9.17) is 5.11 Å². The Bertz CT molecular complexity index is 103. The maximum Gasteiger partial charge on any atom is 0.137 e. The Kier molecular flexibility index (Phi) is 1.91. The number of hydrogen-bond donors (Lipinski definition) is 1. The van der Waals surface area contributed by atoms with Crippen LogP contribution < -0.4 is 0 Å². The number of aliphatic hydroxyl groups is 1. The van der Waals surface area contributed by atoms with Crippen molar-refractivity contribution < 1.29 is 9.90 Å². The first-order chi connectivity index (χ1) is 3.79. The molecule has 0 aromatic heterocycles. The molecule has 1 N–H and O–H groups in total. The van der Waals surface area contributed by atoms with Crippen LogP contribution in [0.4, 0.5) is 0 Å². The third kappa shape index (κ3) is 1.49. The quantitative estimate of drug-likeness (QED) is 0.518. The van der Waals surface area contributed by atoms with Crippen molar-refractivity contribution in [3.63, 3.8) is 0 Å². The van der Waals surface area contributed by atoms with Crippen molar-refractivity contribution in [2.24, 2.45) is 0 Å². The number of ketones is 1. The summed E-state index contributed by atoms with van der Waals surface area (Å²) in [6, 6.07) is 0. The summed E-state index contributed by atoms with van der Waals surface area (Å²) < 4.78 is 0. The number of aliphatic hydroxyl groups excluding tert-OH is 1. The Morgan fingerprint density at radius 1 is 1.75 bits per heavy atom. The summed E-state index contributed by atoms with van der Waals surface area (Å²) in [5, 5.41) is 8.82. The molecule has 1 rings (SSSR count). The average molecular weight is 132 g/mol. The summed E-state index contributed by atoms with van der Waals surface area (Å²) in [6.45, 7) is 0. The van der Waals surface area contributed by atoms with E-state index in [1.807, 2.05) is 0 Å². The van der Waals surface area contributed by atoms with Gasteiger partial charge < -0.3 is 5.11 Å². The first kappa shape index (κ1) is 6.11. The van der Waals surface area contributed by atoms with Crippen LogP contribution in [0.3, 0.4) is 0 Å². The lowest BCUT2D eigenvalue weighted by Crippen LogP contribution is -2.16. The van der Waals surface area contributed by atoms with Gasteiger partial charge in [-0.3, -0.25) is 4.79 Å². The van der Waals surface area contributed by atoms with E-state index in [-0.39, 0.29) is 5.78 Å². The van der Waals surface area contributed by atoms with Crippen LogP contribution in [0.1, 0.15) is 12.8 Å². The van der Waals surface area contributed by atoms with Gasteiger partial charge in [-0.15, -0.1) is 11.8 Å². The van der Waals surface area contributed by atoms with Gasteiger partial charge in [0.2, 0.25) is 0 Å². The van der Waals surface area contributed by atoms with Gasteiger partial charge in [0.1, 0.15) is 11.2 Å². The van der Waals surface area contributed by atoms with Crippen molar-refractivity contribution in [1.29, 1.82) is 0 Å². The van der Waals surface area contributed by atoms with Crippen LogP contribution >= 0.6 is 11.8 Å². The molecule has 1 fully saturated rings. The molecule has 0 spiro atoms. The highest BCUT2D eigenvalue weighted by atomic mass is 32.2. The Hall–Kier alpha value is -0.0200. The molecule has 2 nitrogen and oxygen atoms in total. The molecular formula is C5H8O2S. The van der Waals surface area contributed by atoms with Crippen molar-refractivity contribution >= 4 is 17.5 Å². The minimum absolute atomic E-state index is 0.191. The summed E-state index contributed by atoms with van der Waals surface area (Å²) in [4.78, 5) is 10.5. The van der Waals surface area contributed by atoms with E-state index in [9.17, 15) is 4.79 Å². The van der Waals surface area contributed by atoms with E-state index in [1.54, 1.807) is 0 Å². The standard InChI is InChI=1S/C5H8O2S/c6-4-1-2-8-5(7)3-4/h5,7H,1-3H2. The largest absolute Gasteiger partial charge is 0.382 e. The fourth-order valence-electron chi connectivity index (χ4n) is 0.665. The number of rotatable bonds is 0. The lowest BCUT2D eigenvalue weighted by molar-refractivity contribution is -0.119. The zero-order valence-corrected chi connectivity index (χ0v) is 5.28. The first-order valence-electron chi connectivity index (χ1n) is 2.60. The zero-order chi connectivity index (χ0) is 5.98. The summed E-state index contributed by atoms with van der Waals surface area (Å²) >= 11 is 1.46. The SMILES string of the molecule is O=C1CCSC(O)C1. The van der Waals surface area contributed by atoms with E-state index in [0.29, 0.717) is 12.8 Å². The molecule has 46 valence electrons. The Morgan fingerprint density at radius 2 is 2.50 bits per heavy atom. The van der Waals surface area contributed by atoms with Crippen molar-refractivity contribution in [2.45, 2.75) is 18.3 Å². The zero-order valence-electron chi connectivity index (χ0n) is 4.46. The lowest BCUT2D eigenvalue weighted by atomic mass is 10.2. The molecule has 8 heavy (non-hydrogen) atoms.